The van der Waals surface area contributed by atoms with Crippen molar-refractivity contribution in [3.8, 4) is 5.69 Å². The van der Waals surface area contributed by atoms with Gasteiger partial charge in [0.05, 0.1) is 30.1 Å². The first-order chi connectivity index (χ1) is 17.0. The van der Waals surface area contributed by atoms with Gasteiger partial charge in [0.1, 0.15) is 6.04 Å². The number of esters is 1. The number of benzene rings is 2. The lowest BCUT2D eigenvalue weighted by atomic mass is 10.00. The monoisotopic (exact) mass is 482 g/mol. The second-order valence-corrected chi connectivity index (χ2v) is 9.04. The Morgan fingerprint density at radius 3 is 2.46 bits per heavy atom. The van der Waals surface area contributed by atoms with Gasteiger partial charge in [0, 0.05) is 23.8 Å². The van der Waals surface area contributed by atoms with Gasteiger partial charge in [-0.25, -0.2) is 4.79 Å². The van der Waals surface area contributed by atoms with Gasteiger partial charge in [0.15, 0.2) is 5.11 Å². The van der Waals surface area contributed by atoms with Crippen LogP contribution in [0.25, 0.3) is 5.69 Å². The van der Waals surface area contributed by atoms with Gasteiger partial charge in [0.2, 0.25) is 0 Å². The van der Waals surface area contributed by atoms with E-state index in [0.29, 0.717) is 10.7 Å². The van der Waals surface area contributed by atoms with Gasteiger partial charge in [-0.15, -0.1) is 0 Å². The maximum atomic E-state index is 12.6. The molecule has 6 nitrogen and oxygen atoms in total. The molecule has 1 saturated heterocycles. The number of methoxy groups -OCH3 is 1. The summed E-state index contributed by atoms with van der Waals surface area (Å²) in [5, 5.41) is 4.14. The number of nitrogens with zero attached hydrogens (tertiary/aromatic N) is 3. The molecule has 176 valence electrons. The molecule has 1 N–H and O–H groups in total. The number of hydrogen-bond donors (Lipinski definition) is 1. The molecule has 0 bridgehead atoms. The van der Waals surface area contributed by atoms with E-state index in [1.165, 1.54) is 7.11 Å². The number of carbonyl (C=O) groups excluding carboxylic acids is 1. The first-order valence-corrected chi connectivity index (χ1v) is 11.8. The number of nitrogens with one attached hydrogen (secondary N) is 1. The fourth-order valence-electron chi connectivity index (χ4n) is 4.84. The van der Waals surface area contributed by atoms with Crippen molar-refractivity contribution < 1.29 is 9.53 Å². The molecule has 0 unspecified atom stereocenters. The summed E-state index contributed by atoms with van der Waals surface area (Å²) < 4.78 is 7.10. The summed E-state index contributed by atoms with van der Waals surface area (Å²) in [5.74, 6) is -0.382. The van der Waals surface area contributed by atoms with Crippen LogP contribution in [0.1, 0.15) is 45.0 Å². The Balaban J connectivity index is 1.71. The van der Waals surface area contributed by atoms with Crippen molar-refractivity contribution in [1.29, 1.82) is 0 Å². The van der Waals surface area contributed by atoms with Crippen molar-refractivity contribution in [2.45, 2.75) is 25.9 Å². The minimum atomic E-state index is -0.382. The zero-order chi connectivity index (χ0) is 24.5. The summed E-state index contributed by atoms with van der Waals surface area (Å²) in [7, 11) is 1.40. The summed E-state index contributed by atoms with van der Waals surface area (Å²) >= 11 is 5.89. The number of thiocarbonyl (C=S) groups is 1. The molecule has 1 aliphatic rings. The first-order valence-electron chi connectivity index (χ1n) is 11.4. The van der Waals surface area contributed by atoms with Gasteiger partial charge in [-0.05, 0) is 85.7 Å². The Morgan fingerprint density at radius 1 is 1.00 bits per heavy atom. The molecule has 0 saturated carbocycles. The van der Waals surface area contributed by atoms with Gasteiger partial charge in [-0.2, -0.15) is 0 Å². The molecule has 1 aliphatic heterocycles. The number of rotatable bonds is 5. The highest BCUT2D eigenvalue weighted by Crippen LogP contribution is 2.42. The molecule has 0 aliphatic carbocycles. The average molecular weight is 483 g/mol. The van der Waals surface area contributed by atoms with Crippen LogP contribution in [-0.4, -0.2) is 27.7 Å². The fourth-order valence-corrected chi connectivity index (χ4v) is 5.19. The lowest BCUT2D eigenvalue weighted by Crippen LogP contribution is -2.30. The van der Waals surface area contributed by atoms with E-state index >= 15 is 0 Å². The predicted octanol–water partition coefficient (Wildman–Crippen LogP) is 5.45. The Labute approximate surface area is 210 Å². The smallest absolute Gasteiger partial charge is 0.339 e. The van der Waals surface area contributed by atoms with Gasteiger partial charge in [-0.3, -0.25) is 4.98 Å². The molecular weight excluding hydrogens is 456 g/mol. The number of aryl methyl sites for hydroxylation is 2. The van der Waals surface area contributed by atoms with Gasteiger partial charge in [0.25, 0.3) is 0 Å². The highest BCUT2D eigenvalue weighted by molar-refractivity contribution is 7.80. The van der Waals surface area contributed by atoms with Crippen LogP contribution in [0.15, 0.2) is 85.2 Å². The number of aromatic nitrogens is 2. The topological polar surface area (TPSA) is 59.4 Å². The molecular formula is C28H26N4O2S. The largest absolute Gasteiger partial charge is 0.465 e. The fraction of sp³-hybridized carbons (Fsp3) is 0.179. The van der Waals surface area contributed by atoms with Crippen molar-refractivity contribution in [1.82, 2.24) is 14.9 Å². The number of para-hydroxylation sites is 1. The summed E-state index contributed by atoms with van der Waals surface area (Å²) in [6, 6.07) is 23.4. The molecule has 0 amide bonds. The minimum Gasteiger partial charge on any atom is -0.465 e. The summed E-state index contributed by atoms with van der Waals surface area (Å²) in [6.07, 6.45) is 3.76. The lowest BCUT2D eigenvalue weighted by molar-refractivity contribution is 0.0600. The van der Waals surface area contributed by atoms with E-state index in [9.17, 15) is 4.79 Å². The lowest BCUT2D eigenvalue weighted by Gasteiger charge is -2.29. The van der Waals surface area contributed by atoms with E-state index in [-0.39, 0.29) is 18.1 Å². The SMILES string of the molecule is COC(=O)c1ccccc1-n1cccc1[C@H]1[C@@H](c2ccccn2)NC(=S)N1c1cc(C)cc(C)c1. The van der Waals surface area contributed by atoms with E-state index in [1.807, 2.05) is 53.2 Å². The van der Waals surface area contributed by atoms with Crippen LogP contribution in [0.3, 0.4) is 0 Å². The Hall–Kier alpha value is -3.97. The van der Waals surface area contributed by atoms with Crippen LogP contribution in [0.4, 0.5) is 5.69 Å². The highest BCUT2D eigenvalue weighted by Gasteiger charge is 2.42. The predicted molar refractivity (Wildman–Crippen MR) is 141 cm³/mol. The van der Waals surface area contributed by atoms with Gasteiger partial charge in [-0.1, -0.05) is 24.3 Å². The second kappa shape index (κ2) is 9.35. The van der Waals surface area contributed by atoms with Crippen molar-refractivity contribution in [3.63, 3.8) is 0 Å². The molecule has 0 spiro atoms. The van der Waals surface area contributed by atoms with E-state index in [2.05, 4.69) is 53.3 Å². The maximum Gasteiger partial charge on any atom is 0.339 e. The molecule has 35 heavy (non-hydrogen) atoms. The highest BCUT2D eigenvalue weighted by atomic mass is 32.1. The molecule has 4 aromatic rings. The molecule has 7 heteroatoms. The van der Waals surface area contributed by atoms with Crippen LogP contribution >= 0.6 is 12.2 Å². The van der Waals surface area contributed by atoms with Crippen LogP contribution in [0.5, 0.6) is 0 Å². The van der Waals surface area contributed by atoms with E-state index < -0.39 is 0 Å². The quantitative estimate of drug-likeness (QED) is 0.301. The normalized spacial score (nSPS) is 17.3. The third kappa shape index (κ3) is 4.19. The molecule has 0 radical (unpaired) electrons. The van der Waals surface area contributed by atoms with Crippen molar-refractivity contribution in [3.05, 3.63) is 113 Å². The third-order valence-electron chi connectivity index (χ3n) is 6.23. The summed E-state index contributed by atoms with van der Waals surface area (Å²) in [6.45, 7) is 4.17. The van der Waals surface area contributed by atoms with E-state index in [4.69, 9.17) is 17.0 Å². The molecule has 2 aromatic carbocycles. The van der Waals surface area contributed by atoms with Gasteiger partial charge < -0.3 is 19.5 Å². The number of pyridine rings is 1. The Bertz CT molecular complexity index is 1380. The second-order valence-electron chi connectivity index (χ2n) is 8.65. The number of hydrogen-bond acceptors (Lipinski definition) is 4. The molecule has 1 fully saturated rings. The summed E-state index contributed by atoms with van der Waals surface area (Å²) in [5.41, 5.74) is 6.44. The molecule has 2 aromatic heterocycles. The average Bonchev–Trinajstić information content (AvgIpc) is 3.47. The number of anilines is 1. The van der Waals surface area contributed by atoms with Crippen LogP contribution in [0, 0.1) is 13.8 Å². The van der Waals surface area contributed by atoms with E-state index in [0.717, 1.165) is 33.9 Å². The zero-order valence-corrected chi connectivity index (χ0v) is 20.6. The molecule has 5 rings (SSSR count). The third-order valence-corrected chi connectivity index (χ3v) is 6.55. The van der Waals surface area contributed by atoms with Crippen molar-refractivity contribution >= 4 is 29.0 Å². The number of carbonyl (C=O) groups is 1. The number of ether oxygens (including phenoxy) is 1. The van der Waals surface area contributed by atoms with Crippen LogP contribution in [0.2, 0.25) is 0 Å². The van der Waals surface area contributed by atoms with Crippen molar-refractivity contribution in [2.24, 2.45) is 0 Å². The summed E-state index contributed by atoms with van der Waals surface area (Å²) in [4.78, 5) is 19.4. The standard InChI is InChI=1S/C28H26N4O2S/c1-18-15-19(2)17-20(16-18)32-26(25(30-28(32)35)22-10-6-7-13-29-22)24-12-8-14-31(24)23-11-5-4-9-21(23)27(33)34-3/h4-17,25-26H,1-3H3,(H,30,35)/t25-,26+/m1/s1. The Kier molecular flexibility index (Phi) is 6.09. The van der Waals surface area contributed by atoms with Crippen molar-refractivity contribution in [2.75, 3.05) is 12.0 Å². The first kappa shape index (κ1) is 22.8. The zero-order valence-electron chi connectivity index (χ0n) is 19.8. The molecule has 2 atom stereocenters. The maximum absolute atomic E-state index is 12.6. The Morgan fingerprint density at radius 2 is 1.74 bits per heavy atom. The molecule has 3 heterocycles. The van der Waals surface area contributed by atoms with Gasteiger partial charge >= 0.3 is 5.97 Å². The minimum absolute atomic E-state index is 0.191. The van der Waals surface area contributed by atoms with Crippen LogP contribution < -0.4 is 10.2 Å². The van der Waals surface area contributed by atoms with Crippen LogP contribution in [-0.2, 0) is 4.74 Å². The van der Waals surface area contributed by atoms with E-state index in [1.54, 1.807) is 12.3 Å².